The van der Waals surface area contributed by atoms with Crippen molar-refractivity contribution in [3.05, 3.63) is 169 Å². The molecule has 0 unspecified atom stereocenters. The lowest BCUT2D eigenvalue weighted by Gasteiger charge is -2.30. The lowest BCUT2D eigenvalue weighted by Crippen LogP contribution is -2.25. The summed E-state index contributed by atoms with van der Waals surface area (Å²) >= 11 is 0. The van der Waals surface area contributed by atoms with Gasteiger partial charge in [0.05, 0.1) is 0 Å². The van der Waals surface area contributed by atoms with Crippen LogP contribution in [-0.2, 0) is 0 Å². The van der Waals surface area contributed by atoms with Crippen molar-refractivity contribution in [2.45, 2.75) is 19.0 Å². The van der Waals surface area contributed by atoms with Gasteiger partial charge < -0.3 is 0 Å². The van der Waals surface area contributed by atoms with E-state index in [1.807, 2.05) is 0 Å². The Morgan fingerprint density at radius 1 is 0.487 bits per heavy atom. The van der Waals surface area contributed by atoms with Crippen LogP contribution in [0.1, 0.15) is 18.9 Å². The van der Waals surface area contributed by atoms with E-state index >= 15 is 0 Å². The second-order valence-corrected chi connectivity index (χ2v) is 14.5. The van der Waals surface area contributed by atoms with Gasteiger partial charge in [-0.15, -0.1) is 0 Å². The standard InChI is InChI=1S/C37H32P2/c1-29(38(30-17-6-2-7-18-30)31-19-8-3-9-20-31)34-26-16-27-35(34)36-25-14-15-28-37(36)39(32-21-10-4-11-22-32)33-23-12-5-13-24-33/h2-15,17-29H,16H2,1H3/t29-/m1/s1. The number of allylic oxidation sites excluding steroid dienone is 4. The molecule has 2 heteroatoms. The Hall–Kier alpha value is -3.56. The quantitative estimate of drug-likeness (QED) is 0.178. The lowest BCUT2D eigenvalue weighted by atomic mass is 9.99. The molecule has 0 spiro atoms. The second-order valence-electron chi connectivity index (χ2n) is 9.75. The summed E-state index contributed by atoms with van der Waals surface area (Å²) in [6, 6.07) is 53.5. The van der Waals surface area contributed by atoms with Crippen LogP contribution in [0.4, 0.5) is 0 Å². The Morgan fingerprint density at radius 2 is 0.923 bits per heavy atom. The minimum Gasteiger partial charge on any atom is -0.0762 e. The van der Waals surface area contributed by atoms with Gasteiger partial charge >= 0.3 is 0 Å². The van der Waals surface area contributed by atoms with Gasteiger partial charge in [-0.1, -0.05) is 165 Å². The van der Waals surface area contributed by atoms with E-state index in [1.165, 1.54) is 43.2 Å². The maximum Gasteiger partial charge on any atom is 0.00966 e. The molecule has 39 heavy (non-hydrogen) atoms. The van der Waals surface area contributed by atoms with Gasteiger partial charge in [0.1, 0.15) is 0 Å². The molecule has 5 aromatic carbocycles. The highest BCUT2D eigenvalue weighted by Gasteiger charge is 2.30. The highest BCUT2D eigenvalue weighted by atomic mass is 31.1. The lowest BCUT2D eigenvalue weighted by molar-refractivity contribution is 1.17. The van der Waals surface area contributed by atoms with Gasteiger partial charge in [-0.3, -0.25) is 0 Å². The molecule has 1 aliphatic carbocycles. The molecular weight excluding hydrogens is 506 g/mol. The Kier molecular flexibility index (Phi) is 7.97. The van der Waals surface area contributed by atoms with E-state index in [0.29, 0.717) is 5.66 Å². The van der Waals surface area contributed by atoms with Crippen LogP contribution in [0, 0.1) is 0 Å². The van der Waals surface area contributed by atoms with Crippen molar-refractivity contribution in [3.8, 4) is 0 Å². The van der Waals surface area contributed by atoms with Crippen molar-refractivity contribution in [3.63, 3.8) is 0 Å². The minimum absolute atomic E-state index is 0.395. The Balaban J connectivity index is 1.44. The molecule has 0 saturated heterocycles. The van der Waals surface area contributed by atoms with Crippen molar-refractivity contribution in [1.82, 2.24) is 0 Å². The van der Waals surface area contributed by atoms with E-state index in [1.54, 1.807) is 0 Å². The van der Waals surface area contributed by atoms with Crippen molar-refractivity contribution < 1.29 is 0 Å². The fourth-order valence-electron chi connectivity index (χ4n) is 5.58. The number of rotatable bonds is 8. The predicted molar refractivity (Wildman–Crippen MR) is 174 cm³/mol. The summed E-state index contributed by atoms with van der Waals surface area (Å²) in [6.07, 6.45) is 5.92. The summed E-state index contributed by atoms with van der Waals surface area (Å²) in [5, 5.41) is 7.07. The second kappa shape index (κ2) is 12.1. The molecule has 1 atom stereocenters. The van der Waals surface area contributed by atoms with Crippen molar-refractivity contribution in [2.75, 3.05) is 0 Å². The van der Waals surface area contributed by atoms with E-state index in [0.717, 1.165) is 6.42 Å². The van der Waals surface area contributed by atoms with E-state index in [2.05, 4.69) is 165 Å². The SMILES string of the molecule is C[C@H](C1=CCC=C1c1ccccc1P(c1ccccc1)c1ccccc1)P(c1ccccc1)c1ccccc1. The Labute approximate surface area is 235 Å². The third kappa shape index (κ3) is 5.46. The van der Waals surface area contributed by atoms with Crippen molar-refractivity contribution in [2.24, 2.45) is 0 Å². The molecule has 0 radical (unpaired) electrons. The highest BCUT2D eigenvalue weighted by Crippen LogP contribution is 2.48. The summed E-state index contributed by atoms with van der Waals surface area (Å²) < 4.78 is 0. The highest BCUT2D eigenvalue weighted by molar-refractivity contribution is 7.80. The number of benzene rings is 5. The average Bonchev–Trinajstić information content (AvgIpc) is 3.50. The summed E-state index contributed by atoms with van der Waals surface area (Å²) in [5.74, 6) is 0. The van der Waals surface area contributed by atoms with E-state index < -0.39 is 15.8 Å². The first-order chi connectivity index (χ1) is 19.3. The van der Waals surface area contributed by atoms with Gasteiger partial charge in [-0.05, 0) is 65.5 Å². The van der Waals surface area contributed by atoms with Crippen molar-refractivity contribution >= 4 is 47.9 Å². The molecule has 0 bridgehead atoms. The molecule has 0 amide bonds. The first kappa shape index (κ1) is 25.7. The smallest absolute Gasteiger partial charge is 0.00966 e. The molecule has 190 valence electrons. The first-order valence-electron chi connectivity index (χ1n) is 13.6. The van der Waals surface area contributed by atoms with Crippen LogP contribution in [-0.4, -0.2) is 5.66 Å². The van der Waals surface area contributed by atoms with E-state index in [9.17, 15) is 0 Å². The normalized spacial score (nSPS) is 13.8. The van der Waals surface area contributed by atoms with Crippen LogP contribution in [0.25, 0.3) is 5.57 Å². The minimum atomic E-state index is -0.687. The molecule has 0 aliphatic heterocycles. The Morgan fingerprint density at radius 3 is 1.44 bits per heavy atom. The average molecular weight is 539 g/mol. The molecule has 5 aromatic rings. The molecule has 0 aromatic heterocycles. The summed E-state index contributed by atoms with van der Waals surface area (Å²) in [6.45, 7) is 2.44. The molecule has 1 aliphatic rings. The van der Waals surface area contributed by atoms with Crippen LogP contribution >= 0.6 is 15.8 Å². The van der Waals surface area contributed by atoms with Gasteiger partial charge in [0.25, 0.3) is 0 Å². The molecule has 0 nitrogen and oxygen atoms in total. The fraction of sp³-hybridized carbons (Fsp3) is 0.0811. The summed E-state index contributed by atoms with van der Waals surface area (Å²) in [4.78, 5) is 0. The molecule has 0 heterocycles. The molecule has 6 rings (SSSR count). The summed E-state index contributed by atoms with van der Waals surface area (Å²) in [7, 11) is -1.24. The predicted octanol–water partition coefficient (Wildman–Crippen LogP) is 7.68. The number of hydrogen-bond acceptors (Lipinski definition) is 0. The third-order valence-corrected chi connectivity index (χ3v) is 12.6. The van der Waals surface area contributed by atoms with Gasteiger partial charge in [0, 0.05) is 5.66 Å². The largest absolute Gasteiger partial charge is 0.0762 e. The van der Waals surface area contributed by atoms with Gasteiger partial charge in [0.15, 0.2) is 0 Å². The monoisotopic (exact) mass is 538 g/mol. The number of hydrogen-bond donors (Lipinski definition) is 0. The van der Waals surface area contributed by atoms with Crippen LogP contribution in [0.3, 0.4) is 0 Å². The topological polar surface area (TPSA) is 0 Å². The molecule has 0 fully saturated rings. The van der Waals surface area contributed by atoms with Crippen LogP contribution < -0.4 is 26.5 Å². The van der Waals surface area contributed by atoms with Crippen LogP contribution in [0.5, 0.6) is 0 Å². The van der Waals surface area contributed by atoms with E-state index in [4.69, 9.17) is 0 Å². The van der Waals surface area contributed by atoms with Crippen molar-refractivity contribution in [1.29, 1.82) is 0 Å². The van der Waals surface area contributed by atoms with E-state index in [-0.39, 0.29) is 0 Å². The van der Waals surface area contributed by atoms with Gasteiger partial charge in [-0.2, -0.15) is 0 Å². The zero-order valence-electron chi connectivity index (χ0n) is 22.2. The van der Waals surface area contributed by atoms with Gasteiger partial charge in [0.2, 0.25) is 0 Å². The molecule has 0 N–H and O–H groups in total. The fourth-order valence-corrected chi connectivity index (χ4v) is 10.8. The zero-order chi connectivity index (χ0) is 26.4. The molecular formula is C37H32P2. The maximum atomic E-state index is 2.48. The Bertz CT molecular complexity index is 1490. The molecule has 0 saturated carbocycles. The third-order valence-electron chi connectivity index (χ3n) is 7.34. The van der Waals surface area contributed by atoms with Crippen LogP contribution in [0.15, 0.2) is 163 Å². The van der Waals surface area contributed by atoms with Crippen LogP contribution in [0.2, 0.25) is 0 Å². The first-order valence-corrected chi connectivity index (χ1v) is 16.4. The maximum absolute atomic E-state index is 2.48. The zero-order valence-corrected chi connectivity index (χ0v) is 24.0. The summed E-state index contributed by atoms with van der Waals surface area (Å²) in [5.41, 5.74) is 4.67. The van der Waals surface area contributed by atoms with Gasteiger partial charge in [-0.25, -0.2) is 0 Å².